The number of hydrogen-bond donors (Lipinski definition) is 0. The smallest absolute Gasteiger partial charge is 0.186 e. The molecule has 0 amide bonds. The van der Waals surface area contributed by atoms with Crippen LogP contribution in [0.2, 0.25) is 0 Å². The van der Waals surface area contributed by atoms with Gasteiger partial charge in [-0.15, -0.1) is 0 Å². The molecule has 0 atom stereocenters. The average molecular weight is 258 g/mol. The summed E-state index contributed by atoms with van der Waals surface area (Å²) in [5.74, 6) is -1.99. The van der Waals surface area contributed by atoms with Crippen molar-refractivity contribution in [2.45, 2.75) is 6.92 Å². The Labute approximate surface area is 110 Å². The van der Waals surface area contributed by atoms with Crippen LogP contribution in [0.3, 0.4) is 0 Å². The van der Waals surface area contributed by atoms with Crippen LogP contribution in [-0.4, -0.2) is 5.78 Å². The number of rotatable bonds is 3. The SMILES string of the molecule is Cc1ccccc1C(=O)C=Cc1ccc(F)c(F)c1. The van der Waals surface area contributed by atoms with Crippen LogP contribution < -0.4 is 0 Å². The van der Waals surface area contributed by atoms with Gasteiger partial charge in [0.1, 0.15) is 0 Å². The van der Waals surface area contributed by atoms with Crippen molar-refractivity contribution in [2.75, 3.05) is 0 Å². The number of aryl methyl sites for hydroxylation is 1. The molecule has 2 aromatic rings. The summed E-state index contributed by atoms with van der Waals surface area (Å²) in [4.78, 5) is 11.9. The van der Waals surface area contributed by atoms with E-state index in [1.54, 1.807) is 12.1 Å². The van der Waals surface area contributed by atoms with Gasteiger partial charge in [0.25, 0.3) is 0 Å². The van der Waals surface area contributed by atoms with Crippen LogP contribution >= 0.6 is 0 Å². The fourth-order valence-corrected chi connectivity index (χ4v) is 1.73. The second-order valence-corrected chi connectivity index (χ2v) is 4.19. The number of allylic oxidation sites excluding steroid dienone is 1. The molecule has 0 saturated heterocycles. The monoisotopic (exact) mass is 258 g/mol. The van der Waals surface area contributed by atoms with E-state index in [0.29, 0.717) is 11.1 Å². The molecule has 3 heteroatoms. The molecule has 0 heterocycles. The molecule has 0 unspecified atom stereocenters. The minimum Gasteiger partial charge on any atom is -0.289 e. The Kier molecular flexibility index (Phi) is 3.85. The van der Waals surface area contributed by atoms with Crippen molar-refractivity contribution in [1.82, 2.24) is 0 Å². The van der Waals surface area contributed by atoms with E-state index in [0.717, 1.165) is 17.7 Å². The Hall–Kier alpha value is -2.29. The fourth-order valence-electron chi connectivity index (χ4n) is 1.73. The summed E-state index contributed by atoms with van der Waals surface area (Å²) in [7, 11) is 0. The van der Waals surface area contributed by atoms with E-state index < -0.39 is 11.6 Å². The van der Waals surface area contributed by atoms with Crippen LogP contribution in [0, 0.1) is 18.6 Å². The van der Waals surface area contributed by atoms with Gasteiger partial charge < -0.3 is 0 Å². The summed E-state index contributed by atoms with van der Waals surface area (Å²) < 4.78 is 25.7. The molecule has 0 bridgehead atoms. The highest BCUT2D eigenvalue weighted by molar-refractivity contribution is 6.07. The summed E-state index contributed by atoms with van der Waals surface area (Å²) in [6, 6.07) is 10.7. The fraction of sp³-hybridized carbons (Fsp3) is 0.0625. The summed E-state index contributed by atoms with van der Waals surface area (Å²) in [6.07, 6.45) is 2.83. The molecule has 0 fully saturated rings. The largest absolute Gasteiger partial charge is 0.289 e. The maximum atomic E-state index is 13.0. The molecule has 1 nitrogen and oxygen atoms in total. The number of benzene rings is 2. The third-order valence-electron chi connectivity index (χ3n) is 2.78. The van der Waals surface area contributed by atoms with E-state index in [1.165, 1.54) is 18.2 Å². The average Bonchev–Trinajstić information content (AvgIpc) is 2.40. The molecule has 0 saturated carbocycles. The normalized spacial score (nSPS) is 10.9. The van der Waals surface area contributed by atoms with Crippen molar-refractivity contribution in [2.24, 2.45) is 0 Å². The Bertz CT molecular complexity index is 645. The second kappa shape index (κ2) is 5.57. The Morgan fingerprint density at radius 3 is 2.47 bits per heavy atom. The highest BCUT2D eigenvalue weighted by Crippen LogP contribution is 2.12. The zero-order chi connectivity index (χ0) is 13.8. The van der Waals surface area contributed by atoms with Gasteiger partial charge in [-0.3, -0.25) is 4.79 Å². The Morgan fingerprint density at radius 2 is 1.79 bits per heavy atom. The lowest BCUT2D eigenvalue weighted by atomic mass is 10.0. The molecular formula is C16H12F2O. The molecule has 0 spiro atoms. The number of carbonyl (C=O) groups is 1. The molecule has 2 rings (SSSR count). The van der Waals surface area contributed by atoms with Crippen molar-refractivity contribution in [3.63, 3.8) is 0 Å². The zero-order valence-corrected chi connectivity index (χ0v) is 10.4. The van der Waals surface area contributed by atoms with Crippen LogP contribution in [0.25, 0.3) is 6.08 Å². The van der Waals surface area contributed by atoms with Crippen LogP contribution in [0.15, 0.2) is 48.5 Å². The standard InChI is InChI=1S/C16H12F2O/c1-11-4-2-3-5-13(11)16(19)9-7-12-6-8-14(17)15(18)10-12/h2-10H,1H3. The molecule has 96 valence electrons. The zero-order valence-electron chi connectivity index (χ0n) is 10.4. The van der Waals surface area contributed by atoms with Gasteiger partial charge in [-0.1, -0.05) is 36.4 Å². The third kappa shape index (κ3) is 3.13. The summed E-state index contributed by atoms with van der Waals surface area (Å²) >= 11 is 0. The molecule has 0 aliphatic heterocycles. The lowest BCUT2D eigenvalue weighted by molar-refractivity contribution is 0.104. The van der Waals surface area contributed by atoms with Crippen molar-refractivity contribution in [3.05, 3.63) is 76.9 Å². The first-order chi connectivity index (χ1) is 9.08. The molecular weight excluding hydrogens is 246 g/mol. The van der Waals surface area contributed by atoms with Gasteiger partial charge in [0.05, 0.1) is 0 Å². The van der Waals surface area contributed by atoms with E-state index >= 15 is 0 Å². The van der Waals surface area contributed by atoms with Crippen LogP contribution in [-0.2, 0) is 0 Å². The van der Waals surface area contributed by atoms with Gasteiger partial charge in [0.15, 0.2) is 17.4 Å². The number of ketones is 1. The predicted octanol–water partition coefficient (Wildman–Crippen LogP) is 4.17. The summed E-state index contributed by atoms with van der Waals surface area (Å²) in [5, 5.41) is 0. The summed E-state index contributed by atoms with van der Waals surface area (Å²) in [6.45, 7) is 1.85. The van der Waals surface area contributed by atoms with Crippen LogP contribution in [0.1, 0.15) is 21.5 Å². The molecule has 0 N–H and O–H groups in total. The van der Waals surface area contributed by atoms with Crippen molar-refractivity contribution in [3.8, 4) is 0 Å². The van der Waals surface area contributed by atoms with Crippen LogP contribution in [0.5, 0.6) is 0 Å². The van der Waals surface area contributed by atoms with E-state index in [1.807, 2.05) is 19.1 Å². The van der Waals surface area contributed by atoms with Gasteiger partial charge in [0.2, 0.25) is 0 Å². The molecule has 2 aromatic carbocycles. The Balaban J connectivity index is 2.21. The van der Waals surface area contributed by atoms with E-state index in [-0.39, 0.29) is 5.78 Å². The Morgan fingerprint density at radius 1 is 1.05 bits per heavy atom. The van der Waals surface area contributed by atoms with E-state index in [9.17, 15) is 13.6 Å². The van der Waals surface area contributed by atoms with Crippen LogP contribution in [0.4, 0.5) is 8.78 Å². The number of carbonyl (C=O) groups excluding carboxylic acids is 1. The first kappa shape index (κ1) is 13.1. The molecule has 0 aliphatic carbocycles. The van der Waals surface area contributed by atoms with Gasteiger partial charge in [0, 0.05) is 5.56 Å². The quantitative estimate of drug-likeness (QED) is 0.596. The first-order valence-corrected chi connectivity index (χ1v) is 5.81. The van der Waals surface area contributed by atoms with Crippen molar-refractivity contribution < 1.29 is 13.6 Å². The minimum atomic E-state index is -0.925. The molecule has 0 aliphatic rings. The molecule has 0 radical (unpaired) electrons. The number of halogens is 2. The van der Waals surface area contributed by atoms with E-state index in [2.05, 4.69) is 0 Å². The maximum Gasteiger partial charge on any atom is 0.186 e. The first-order valence-electron chi connectivity index (χ1n) is 5.81. The number of hydrogen-bond acceptors (Lipinski definition) is 1. The highest BCUT2D eigenvalue weighted by atomic mass is 19.2. The minimum absolute atomic E-state index is 0.164. The predicted molar refractivity (Wildman–Crippen MR) is 70.9 cm³/mol. The second-order valence-electron chi connectivity index (χ2n) is 4.19. The topological polar surface area (TPSA) is 17.1 Å². The lowest BCUT2D eigenvalue weighted by Crippen LogP contribution is -1.97. The van der Waals surface area contributed by atoms with Gasteiger partial charge in [-0.05, 0) is 36.3 Å². The summed E-state index contributed by atoms with van der Waals surface area (Å²) in [5.41, 5.74) is 1.92. The van der Waals surface area contributed by atoms with Crippen molar-refractivity contribution in [1.29, 1.82) is 0 Å². The molecule has 19 heavy (non-hydrogen) atoms. The maximum absolute atomic E-state index is 13.0. The third-order valence-corrected chi connectivity index (χ3v) is 2.78. The highest BCUT2D eigenvalue weighted by Gasteiger charge is 2.05. The van der Waals surface area contributed by atoms with Gasteiger partial charge in [-0.25, -0.2) is 8.78 Å². The van der Waals surface area contributed by atoms with Gasteiger partial charge >= 0.3 is 0 Å². The van der Waals surface area contributed by atoms with Crippen molar-refractivity contribution >= 4 is 11.9 Å². The van der Waals surface area contributed by atoms with Gasteiger partial charge in [-0.2, -0.15) is 0 Å². The van der Waals surface area contributed by atoms with E-state index in [4.69, 9.17) is 0 Å². The lowest BCUT2D eigenvalue weighted by Gasteiger charge is -2.00. The molecule has 0 aromatic heterocycles.